The van der Waals surface area contributed by atoms with E-state index < -0.39 is 0 Å². The molecule has 0 aliphatic carbocycles. The van der Waals surface area contributed by atoms with Crippen LogP contribution in [0.25, 0.3) is 0 Å². The number of hydrogen-bond acceptors (Lipinski definition) is 2. The minimum absolute atomic E-state index is 0.158. The molecule has 0 heterocycles. The molecule has 1 rings (SSSR count). The molecule has 82 valence electrons. The fourth-order valence-electron chi connectivity index (χ4n) is 1.62. The molecule has 0 aliphatic rings. The topological polar surface area (TPSA) is 21.3 Å². The first-order valence-electron chi connectivity index (χ1n) is 5.23. The molecule has 0 radical (unpaired) electrons. The lowest BCUT2D eigenvalue weighted by Crippen LogP contribution is -2.19. The number of ether oxygens (including phenoxy) is 1. The summed E-state index contributed by atoms with van der Waals surface area (Å²) < 4.78 is 5.37. The molecule has 0 aromatic heterocycles. The highest BCUT2D eigenvalue weighted by molar-refractivity contribution is 5.40. The Kier molecular flexibility index (Phi) is 4.37. The molecule has 1 aromatic carbocycles. The van der Waals surface area contributed by atoms with Gasteiger partial charge in [0.2, 0.25) is 0 Å². The van der Waals surface area contributed by atoms with Gasteiger partial charge in [-0.2, -0.15) is 0 Å². The molecule has 15 heavy (non-hydrogen) atoms. The summed E-state index contributed by atoms with van der Waals surface area (Å²) in [6.07, 6.45) is 1.90. The van der Waals surface area contributed by atoms with Crippen LogP contribution in [0.4, 0.5) is 0 Å². The molecule has 1 N–H and O–H groups in total. The second-order valence-electron chi connectivity index (χ2n) is 3.52. The molecule has 0 saturated heterocycles. The van der Waals surface area contributed by atoms with Crippen LogP contribution in [-0.2, 0) is 0 Å². The van der Waals surface area contributed by atoms with Crippen molar-refractivity contribution in [2.45, 2.75) is 19.9 Å². The van der Waals surface area contributed by atoms with Crippen LogP contribution in [-0.4, -0.2) is 13.7 Å². The van der Waals surface area contributed by atoms with Crippen molar-refractivity contribution in [3.8, 4) is 5.75 Å². The van der Waals surface area contributed by atoms with E-state index in [1.165, 1.54) is 5.56 Å². The molecule has 1 atom stereocenters. The lowest BCUT2D eigenvalue weighted by molar-refractivity contribution is 0.405. The summed E-state index contributed by atoms with van der Waals surface area (Å²) in [5.74, 6) is 0.917. The zero-order valence-corrected chi connectivity index (χ0v) is 9.71. The van der Waals surface area contributed by atoms with E-state index in [9.17, 15) is 0 Å². The Morgan fingerprint density at radius 3 is 2.80 bits per heavy atom. The number of methoxy groups -OCH3 is 1. The Bertz CT molecular complexity index is 333. The SMILES string of the molecule is C=CC(NCC)c1ccc(C)cc1OC. The van der Waals surface area contributed by atoms with Gasteiger partial charge in [-0.15, -0.1) is 6.58 Å². The van der Waals surface area contributed by atoms with Crippen LogP contribution in [0.3, 0.4) is 0 Å². The van der Waals surface area contributed by atoms with Gasteiger partial charge in [-0.05, 0) is 25.1 Å². The zero-order chi connectivity index (χ0) is 11.3. The van der Waals surface area contributed by atoms with Crippen LogP contribution >= 0.6 is 0 Å². The van der Waals surface area contributed by atoms with Gasteiger partial charge < -0.3 is 10.1 Å². The summed E-state index contributed by atoms with van der Waals surface area (Å²) in [6, 6.07) is 6.38. The number of benzene rings is 1. The average Bonchev–Trinajstić information content (AvgIpc) is 2.26. The first-order chi connectivity index (χ1) is 7.22. The van der Waals surface area contributed by atoms with Gasteiger partial charge in [0.05, 0.1) is 13.2 Å². The van der Waals surface area contributed by atoms with Gasteiger partial charge in [0.25, 0.3) is 0 Å². The fourth-order valence-corrected chi connectivity index (χ4v) is 1.62. The summed E-state index contributed by atoms with van der Waals surface area (Å²) in [4.78, 5) is 0. The molecule has 1 aromatic rings. The number of likely N-dealkylation sites (N-methyl/N-ethyl adjacent to an activating group) is 1. The van der Waals surface area contributed by atoms with Crippen LogP contribution < -0.4 is 10.1 Å². The molecule has 1 unspecified atom stereocenters. The second-order valence-corrected chi connectivity index (χ2v) is 3.52. The smallest absolute Gasteiger partial charge is 0.124 e. The van der Waals surface area contributed by atoms with Gasteiger partial charge in [0.15, 0.2) is 0 Å². The minimum atomic E-state index is 0.158. The Labute approximate surface area is 92.0 Å². The lowest BCUT2D eigenvalue weighted by atomic mass is 10.0. The summed E-state index contributed by atoms with van der Waals surface area (Å²) in [5.41, 5.74) is 2.34. The van der Waals surface area contributed by atoms with E-state index in [1.54, 1.807) is 7.11 Å². The maximum Gasteiger partial charge on any atom is 0.124 e. The van der Waals surface area contributed by atoms with E-state index >= 15 is 0 Å². The van der Waals surface area contributed by atoms with E-state index in [4.69, 9.17) is 4.74 Å². The molecular formula is C13H19NO. The third kappa shape index (κ3) is 2.83. The van der Waals surface area contributed by atoms with Crippen LogP contribution in [0.5, 0.6) is 5.75 Å². The van der Waals surface area contributed by atoms with Crippen molar-refractivity contribution in [1.29, 1.82) is 0 Å². The maximum atomic E-state index is 5.37. The van der Waals surface area contributed by atoms with E-state index in [0.717, 1.165) is 17.9 Å². The van der Waals surface area contributed by atoms with E-state index in [2.05, 4.69) is 37.9 Å². The Balaban J connectivity index is 3.04. The number of rotatable bonds is 5. The van der Waals surface area contributed by atoms with Crippen LogP contribution in [0.2, 0.25) is 0 Å². The largest absolute Gasteiger partial charge is 0.496 e. The highest BCUT2D eigenvalue weighted by atomic mass is 16.5. The summed E-state index contributed by atoms with van der Waals surface area (Å²) in [6.45, 7) is 8.88. The molecule has 0 aliphatic heterocycles. The zero-order valence-electron chi connectivity index (χ0n) is 9.71. The van der Waals surface area contributed by atoms with Crippen LogP contribution in [0.1, 0.15) is 24.1 Å². The average molecular weight is 205 g/mol. The fraction of sp³-hybridized carbons (Fsp3) is 0.385. The van der Waals surface area contributed by atoms with E-state index in [-0.39, 0.29) is 6.04 Å². The maximum absolute atomic E-state index is 5.37. The first-order valence-corrected chi connectivity index (χ1v) is 5.23. The van der Waals surface area contributed by atoms with Crippen molar-refractivity contribution < 1.29 is 4.74 Å². The highest BCUT2D eigenvalue weighted by Crippen LogP contribution is 2.26. The van der Waals surface area contributed by atoms with Crippen molar-refractivity contribution >= 4 is 0 Å². The summed E-state index contributed by atoms with van der Waals surface area (Å²) >= 11 is 0. The van der Waals surface area contributed by atoms with Crippen LogP contribution in [0, 0.1) is 6.92 Å². The normalized spacial score (nSPS) is 12.2. The van der Waals surface area contributed by atoms with E-state index in [0.29, 0.717) is 0 Å². The van der Waals surface area contributed by atoms with Crippen molar-refractivity contribution in [1.82, 2.24) is 5.32 Å². The molecule has 0 fully saturated rings. The Morgan fingerprint density at radius 1 is 1.53 bits per heavy atom. The first kappa shape index (κ1) is 11.8. The van der Waals surface area contributed by atoms with Crippen molar-refractivity contribution in [3.63, 3.8) is 0 Å². The lowest BCUT2D eigenvalue weighted by Gasteiger charge is -2.17. The van der Waals surface area contributed by atoms with Crippen molar-refractivity contribution in [2.75, 3.05) is 13.7 Å². The Morgan fingerprint density at radius 2 is 2.27 bits per heavy atom. The highest BCUT2D eigenvalue weighted by Gasteiger charge is 2.11. The van der Waals surface area contributed by atoms with Gasteiger partial charge in [-0.3, -0.25) is 0 Å². The third-order valence-corrected chi connectivity index (χ3v) is 2.38. The molecule has 2 heteroatoms. The predicted octanol–water partition coefficient (Wildman–Crippen LogP) is 2.84. The summed E-state index contributed by atoms with van der Waals surface area (Å²) in [7, 11) is 1.70. The van der Waals surface area contributed by atoms with Crippen molar-refractivity contribution in [2.24, 2.45) is 0 Å². The molecule has 0 spiro atoms. The molecule has 0 bridgehead atoms. The standard InChI is InChI=1S/C13H19NO/c1-5-12(14-6-2)11-8-7-10(3)9-13(11)15-4/h5,7-9,12,14H,1,6H2,2-4H3. The number of aryl methyl sites for hydroxylation is 1. The van der Waals surface area contributed by atoms with Gasteiger partial charge in [-0.25, -0.2) is 0 Å². The third-order valence-electron chi connectivity index (χ3n) is 2.38. The predicted molar refractivity (Wildman–Crippen MR) is 64.3 cm³/mol. The van der Waals surface area contributed by atoms with E-state index in [1.807, 2.05) is 12.1 Å². The Hall–Kier alpha value is -1.28. The molecular weight excluding hydrogens is 186 g/mol. The van der Waals surface area contributed by atoms with Crippen LogP contribution in [0.15, 0.2) is 30.9 Å². The molecule has 0 saturated carbocycles. The monoisotopic (exact) mass is 205 g/mol. The second kappa shape index (κ2) is 5.56. The molecule has 0 amide bonds. The summed E-state index contributed by atoms with van der Waals surface area (Å²) in [5, 5.41) is 3.34. The van der Waals surface area contributed by atoms with Gasteiger partial charge >= 0.3 is 0 Å². The van der Waals surface area contributed by atoms with Gasteiger partial charge in [0, 0.05) is 5.56 Å². The van der Waals surface area contributed by atoms with Gasteiger partial charge in [-0.1, -0.05) is 25.1 Å². The number of nitrogens with one attached hydrogen (secondary N) is 1. The molecule has 2 nitrogen and oxygen atoms in total. The number of hydrogen-bond donors (Lipinski definition) is 1. The van der Waals surface area contributed by atoms with Gasteiger partial charge in [0.1, 0.15) is 5.75 Å². The van der Waals surface area contributed by atoms with Crippen molar-refractivity contribution in [3.05, 3.63) is 42.0 Å². The quantitative estimate of drug-likeness (QED) is 0.746. The minimum Gasteiger partial charge on any atom is -0.496 e.